The lowest BCUT2D eigenvalue weighted by molar-refractivity contribution is -0.146. The summed E-state index contributed by atoms with van der Waals surface area (Å²) < 4.78 is 4.72. The third-order valence-corrected chi connectivity index (χ3v) is 3.81. The van der Waals surface area contributed by atoms with E-state index in [0.29, 0.717) is 12.5 Å². The summed E-state index contributed by atoms with van der Waals surface area (Å²) in [6.07, 6.45) is 3.10. The van der Waals surface area contributed by atoms with E-state index >= 15 is 0 Å². The van der Waals surface area contributed by atoms with Crippen molar-refractivity contribution in [3.05, 3.63) is 0 Å². The summed E-state index contributed by atoms with van der Waals surface area (Å²) in [5, 5.41) is 0. The molecule has 0 bridgehead atoms. The predicted molar refractivity (Wildman–Crippen MR) is 72.4 cm³/mol. The Kier molecular flexibility index (Phi) is 5.56. The number of piperidine rings is 1. The average Bonchev–Trinajstić information content (AvgIpc) is 2.35. The molecule has 0 spiro atoms. The van der Waals surface area contributed by atoms with E-state index in [1.165, 1.54) is 20.0 Å². The lowest BCUT2D eigenvalue weighted by atomic mass is 9.97. The number of hydrogen-bond donors (Lipinski definition) is 1. The van der Waals surface area contributed by atoms with Crippen LogP contribution in [0, 0.1) is 0 Å². The van der Waals surface area contributed by atoms with Crippen LogP contribution in [0.25, 0.3) is 0 Å². The molecule has 1 saturated heterocycles. The van der Waals surface area contributed by atoms with Crippen LogP contribution in [0.5, 0.6) is 0 Å². The normalized spacial score (nSPS) is 24.9. The Hall–Kier alpha value is -0.650. The quantitative estimate of drug-likeness (QED) is 0.718. The highest BCUT2D eigenvalue weighted by Crippen LogP contribution is 2.16. The summed E-state index contributed by atoms with van der Waals surface area (Å²) in [5.41, 5.74) is 5.10. The molecule has 0 aliphatic carbocycles. The van der Waals surface area contributed by atoms with E-state index in [2.05, 4.69) is 23.9 Å². The molecular formula is C13H27N3O2. The van der Waals surface area contributed by atoms with E-state index in [1.807, 2.05) is 0 Å². The molecular weight excluding hydrogens is 230 g/mol. The van der Waals surface area contributed by atoms with Gasteiger partial charge in [-0.25, -0.2) is 0 Å². The van der Waals surface area contributed by atoms with E-state index in [0.717, 1.165) is 19.6 Å². The van der Waals surface area contributed by atoms with E-state index < -0.39 is 5.54 Å². The summed E-state index contributed by atoms with van der Waals surface area (Å²) in [4.78, 5) is 16.2. The Balaban J connectivity index is 2.41. The standard InChI is InChI=1S/C13H27N3O2/c1-13(14,12(17)18-4)7-9-16-8-5-6-11(10-16)15(2)3/h11H,5-10,14H2,1-4H3. The van der Waals surface area contributed by atoms with E-state index in [4.69, 9.17) is 10.5 Å². The van der Waals surface area contributed by atoms with Gasteiger partial charge in [0, 0.05) is 19.1 Å². The maximum atomic E-state index is 11.5. The molecule has 0 saturated carbocycles. The number of nitrogens with two attached hydrogens (primary N) is 1. The van der Waals surface area contributed by atoms with Gasteiger partial charge in [-0.1, -0.05) is 0 Å². The third kappa shape index (κ3) is 4.23. The van der Waals surface area contributed by atoms with Gasteiger partial charge in [0.15, 0.2) is 0 Å². The number of likely N-dealkylation sites (tertiary alicyclic amines) is 1. The van der Waals surface area contributed by atoms with Crippen LogP contribution in [0.4, 0.5) is 0 Å². The van der Waals surface area contributed by atoms with Gasteiger partial charge in [-0.2, -0.15) is 0 Å². The second kappa shape index (κ2) is 6.50. The highest BCUT2D eigenvalue weighted by molar-refractivity contribution is 5.79. The second-order valence-electron chi connectivity index (χ2n) is 5.72. The summed E-state index contributed by atoms with van der Waals surface area (Å²) >= 11 is 0. The number of rotatable bonds is 5. The van der Waals surface area contributed by atoms with Crippen molar-refractivity contribution in [3.63, 3.8) is 0 Å². The van der Waals surface area contributed by atoms with E-state index in [-0.39, 0.29) is 5.97 Å². The fourth-order valence-corrected chi connectivity index (χ4v) is 2.38. The first kappa shape index (κ1) is 15.4. The lowest BCUT2D eigenvalue weighted by Gasteiger charge is -2.37. The third-order valence-electron chi connectivity index (χ3n) is 3.81. The molecule has 18 heavy (non-hydrogen) atoms. The van der Waals surface area contributed by atoms with Crippen LogP contribution in [0.15, 0.2) is 0 Å². The SMILES string of the molecule is COC(=O)C(C)(N)CCN1CCCC(N(C)C)C1. The highest BCUT2D eigenvalue weighted by atomic mass is 16.5. The van der Waals surface area contributed by atoms with Gasteiger partial charge in [-0.05, 0) is 46.8 Å². The maximum Gasteiger partial charge on any atom is 0.325 e. The Labute approximate surface area is 110 Å². The van der Waals surface area contributed by atoms with Gasteiger partial charge < -0.3 is 20.3 Å². The first-order chi connectivity index (χ1) is 8.36. The van der Waals surface area contributed by atoms with Crippen molar-refractivity contribution in [1.29, 1.82) is 0 Å². The minimum atomic E-state index is -0.875. The average molecular weight is 257 g/mol. The molecule has 5 heteroatoms. The summed E-state index contributed by atoms with van der Waals surface area (Å²) in [6, 6.07) is 0.612. The Morgan fingerprint density at radius 3 is 2.78 bits per heavy atom. The van der Waals surface area contributed by atoms with Crippen molar-refractivity contribution in [2.45, 2.75) is 37.8 Å². The molecule has 0 radical (unpaired) electrons. The molecule has 2 N–H and O–H groups in total. The minimum Gasteiger partial charge on any atom is -0.468 e. The van der Waals surface area contributed by atoms with Gasteiger partial charge in [-0.3, -0.25) is 4.79 Å². The molecule has 1 heterocycles. The molecule has 1 rings (SSSR count). The van der Waals surface area contributed by atoms with Crippen LogP contribution < -0.4 is 5.73 Å². The van der Waals surface area contributed by atoms with Gasteiger partial charge in [-0.15, -0.1) is 0 Å². The molecule has 0 amide bonds. The molecule has 5 nitrogen and oxygen atoms in total. The number of carbonyl (C=O) groups excluding carboxylic acids is 1. The van der Waals surface area contributed by atoms with Crippen molar-refractivity contribution in [2.24, 2.45) is 5.73 Å². The first-order valence-electron chi connectivity index (χ1n) is 6.63. The molecule has 1 fully saturated rings. The molecule has 0 aromatic carbocycles. The number of carbonyl (C=O) groups is 1. The number of methoxy groups -OCH3 is 1. The van der Waals surface area contributed by atoms with E-state index in [1.54, 1.807) is 6.92 Å². The summed E-state index contributed by atoms with van der Waals surface area (Å²) in [5.74, 6) is -0.330. The second-order valence-corrected chi connectivity index (χ2v) is 5.72. The topological polar surface area (TPSA) is 58.8 Å². The summed E-state index contributed by atoms with van der Waals surface area (Å²) in [6.45, 7) is 4.75. The molecule has 2 atom stereocenters. The zero-order chi connectivity index (χ0) is 13.8. The summed E-state index contributed by atoms with van der Waals surface area (Å²) in [7, 11) is 5.63. The van der Waals surface area contributed by atoms with Crippen LogP contribution in [0.3, 0.4) is 0 Å². The molecule has 0 aromatic heterocycles. The first-order valence-corrected chi connectivity index (χ1v) is 6.63. The highest BCUT2D eigenvalue weighted by Gasteiger charge is 2.30. The molecule has 2 unspecified atom stereocenters. The van der Waals surface area contributed by atoms with Gasteiger partial charge in [0.25, 0.3) is 0 Å². The molecule has 1 aliphatic heterocycles. The number of nitrogens with zero attached hydrogens (tertiary/aromatic N) is 2. The number of esters is 1. The van der Waals surface area contributed by atoms with E-state index in [9.17, 15) is 4.79 Å². The van der Waals surface area contributed by atoms with Crippen molar-refractivity contribution in [3.8, 4) is 0 Å². The van der Waals surface area contributed by atoms with Gasteiger partial charge in [0.05, 0.1) is 7.11 Å². The van der Waals surface area contributed by atoms with Crippen molar-refractivity contribution < 1.29 is 9.53 Å². The largest absolute Gasteiger partial charge is 0.468 e. The smallest absolute Gasteiger partial charge is 0.325 e. The van der Waals surface area contributed by atoms with Crippen LogP contribution in [-0.2, 0) is 9.53 Å². The zero-order valence-corrected chi connectivity index (χ0v) is 12.1. The van der Waals surface area contributed by atoms with Gasteiger partial charge in [0.2, 0.25) is 0 Å². The molecule has 0 aromatic rings. The van der Waals surface area contributed by atoms with Gasteiger partial charge >= 0.3 is 5.97 Å². The van der Waals surface area contributed by atoms with Crippen LogP contribution in [0.1, 0.15) is 26.2 Å². The number of ether oxygens (including phenoxy) is 1. The maximum absolute atomic E-state index is 11.5. The Morgan fingerprint density at radius 1 is 1.56 bits per heavy atom. The number of likely N-dealkylation sites (N-methyl/N-ethyl adjacent to an activating group) is 1. The molecule has 106 valence electrons. The van der Waals surface area contributed by atoms with Crippen molar-refractivity contribution >= 4 is 5.97 Å². The monoisotopic (exact) mass is 257 g/mol. The zero-order valence-electron chi connectivity index (χ0n) is 12.1. The minimum absolute atomic E-state index is 0.330. The fourth-order valence-electron chi connectivity index (χ4n) is 2.38. The van der Waals surface area contributed by atoms with Crippen LogP contribution in [-0.4, -0.2) is 68.2 Å². The Bertz CT molecular complexity index is 279. The fraction of sp³-hybridized carbons (Fsp3) is 0.923. The van der Waals surface area contributed by atoms with Crippen LogP contribution in [0.2, 0.25) is 0 Å². The number of hydrogen-bond acceptors (Lipinski definition) is 5. The van der Waals surface area contributed by atoms with Crippen LogP contribution >= 0.6 is 0 Å². The predicted octanol–water partition coefficient (Wildman–Crippen LogP) is 0.293. The van der Waals surface area contributed by atoms with Crippen molar-refractivity contribution in [1.82, 2.24) is 9.80 Å². The molecule has 1 aliphatic rings. The lowest BCUT2D eigenvalue weighted by Crippen LogP contribution is -2.50. The van der Waals surface area contributed by atoms with Gasteiger partial charge in [0.1, 0.15) is 5.54 Å². The van der Waals surface area contributed by atoms with Crippen molar-refractivity contribution in [2.75, 3.05) is 40.8 Å². The Morgan fingerprint density at radius 2 is 2.22 bits per heavy atom.